The molecule has 0 bridgehead atoms. The van der Waals surface area contributed by atoms with Gasteiger partial charge in [-0.15, -0.1) is 0 Å². The van der Waals surface area contributed by atoms with Gasteiger partial charge >= 0.3 is 0 Å². The van der Waals surface area contributed by atoms with Crippen LogP contribution in [0.1, 0.15) is 19.3 Å². The Hall–Kier alpha value is -1.22. The van der Waals surface area contributed by atoms with Gasteiger partial charge in [0.2, 0.25) is 10.0 Å². The van der Waals surface area contributed by atoms with Gasteiger partial charge in [0.25, 0.3) is 0 Å². The van der Waals surface area contributed by atoms with E-state index in [9.17, 15) is 8.42 Å². The average molecular weight is 313 g/mol. The standard InChI is InChI=1S/C13H23N5O2S/c1-18-8-5-11(6-9-18)4-7-16-21(19,20)12-2-3-13(17-14)15-10-12/h2-3,10-11,16H,4-9,14H2,1H3,(H,15,17). The largest absolute Gasteiger partial charge is 0.308 e. The summed E-state index contributed by atoms with van der Waals surface area (Å²) in [4.78, 5) is 6.37. The Kier molecular flexibility index (Phi) is 5.51. The number of nitrogens with one attached hydrogen (secondary N) is 2. The molecule has 1 fully saturated rings. The fraction of sp³-hybridized carbons (Fsp3) is 0.615. The second-order valence-corrected chi connectivity index (χ2v) is 7.22. The summed E-state index contributed by atoms with van der Waals surface area (Å²) in [6.07, 6.45) is 4.45. The molecule has 2 heterocycles. The maximum Gasteiger partial charge on any atom is 0.242 e. The Morgan fingerprint density at radius 1 is 1.38 bits per heavy atom. The van der Waals surface area contributed by atoms with Crippen molar-refractivity contribution in [1.29, 1.82) is 0 Å². The lowest BCUT2D eigenvalue weighted by Gasteiger charge is -2.28. The zero-order valence-electron chi connectivity index (χ0n) is 12.2. The van der Waals surface area contributed by atoms with Crippen LogP contribution in [0.15, 0.2) is 23.2 Å². The fourth-order valence-electron chi connectivity index (χ4n) is 2.46. The molecule has 118 valence electrons. The molecule has 1 aliphatic rings. The smallest absolute Gasteiger partial charge is 0.242 e. The van der Waals surface area contributed by atoms with Crippen LogP contribution in [0.4, 0.5) is 5.82 Å². The molecule has 0 unspecified atom stereocenters. The normalized spacial score (nSPS) is 17.8. The number of rotatable bonds is 6. The monoisotopic (exact) mass is 313 g/mol. The zero-order valence-corrected chi connectivity index (χ0v) is 13.1. The summed E-state index contributed by atoms with van der Waals surface area (Å²) < 4.78 is 26.9. The van der Waals surface area contributed by atoms with Gasteiger partial charge in [0.05, 0.1) is 0 Å². The van der Waals surface area contributed by atoms with E-state index in [0.717, 1.165) is 32.4 Å². The van der Waals surface area contributed by atoms with Crippen molar-refractivity contribution >= 4 is 15.8 Å². The maximum absolute atomic E-state index is 12.1. The van der Waals surface area contributed by atoms with Crippen LogP contribution < -0.4 is 16.0 Å². The molecule has 0 aromatic carbocycles. The van der Waals surface area contributed by atoms with E-state index in [1.165, 1.54) is 18.3 Å². The molecule has 1 aromatic rings. The van der Waals surface area contributed by atoms with E-state index in [2.05, 4.69) is 27.1 Å². The van der Waals surface area contributed by atoms with Crippen LogP contribution in [0.2, 0.25) is 0 Å². The Labute approximate surface area is 125 Å². The second-order valence-electron chi connectivity index (χ2n) is 5.46. The quantitative estimate of drug-likeness (QED) is 0.518. The summed E-state index contributed by atoms with van der Waals surface area (Å²) >= 11 is 0. The minimum Gasteiger partial charge on any atom is -0.308 e. The third kappa shape index (κ3) is 4.63. The number of sulfonamides is 1. The van der Waals surface area contributed by atoms with Crippen molar-refractivity contribution < 1.29 is 8.42 Å². The van der Waals surface area contributed by atoms with Crippen molar-refractivity contribution in [1.82, 2.24) is 14.6 Å². The van der Waals surface area contributed by atoms with Crippen LogP contribution in [-0.2, 0) is 10.0 Å². The van der Waals surface area contributed by atoms with E-state index in [-0.39, 0.29) is 4.90 Å². The van der Waals surface area contributed by atoms with Gasteiger partial charge < -0.3 is 10.3 Å². The molecule has 7 nitrogen and oxygen atoms in total. The Morgan fingerprint density at radius 3 is 2.67 bits per heavy atom. The topological polar surface area (TPSA) is 100 Å². The number of aromatic nitrogens is 1. The molecule has 21 heavy (non-hydrogen) atoms. The fourth-order valence-corrected chi connectivity index (χ4v) is 3.45. The van der Waals surface area contributed by atoms with Gasteiger partial charge in [-0.1, -0.05) is 0 Å². The zero-order chi connectivity index (χ0) is 15.3. The highest BCUT2D eigenvalue weighted by Gasteiger charge is 2.18. The van der Waals surface area contributed by atoms with Gasteiger partial charge in [0, 0.05) is 12.7 Å². The van der Waals surface area contributed by atoms with E-state index in [1.807, 2.05) is 0 Å². The van der Waals surface area contributed by atoms with Crippen molar-refractivity contribution in [2.24, 2.45) is 11.8 Å². The van der Waals surface area contributed by atoms with Crippen molar-refractivity contribution in [2.45, 2.75) is 24.2 Å². The summed E-state index contributed by atoms with van der Waals surface area (Å²) in [5, 5.41) is 0. The Morgan fingerprint density at radius 2 is 2.10 bits per heavy atom. The first-order valence-corrected chi connectivity index (χ1v) is 8.60. The van der Waals surface area contributed by atoms with E-state index in [0.29, 0.717) is 18.3 Å². The van der Waals surface area contributed by atoms with Gasteiger partial charge in [0.1, 0.15) is 10.7 Å². The molecule has 8 heteroatoms. The van der Waals surface area contributed by atoms with Crippen LogP contribution in [0.3, 0.4) is 0 Å². The van der Waals surface area contributed by atoms with E-state index < -0.39 is 10.0 Å². The molecule has 1 aromatic heterocycles. The third-order valence-electron chi connectivity index (χ3n) is 3.88. The lowest BCUT2D eigenvalue weighted by atomic mass is 9.94. The highest BCUT2D eigenvalue weighted by molar-refractivity contribution is 7.89. The summed E-state index contributed by atoms with van der Waals surface area (Å²) in [7, 11) is -1.37. The van der Waals surface area contributed by atoms with E-state index in [4.69, 9.17) is 5.84 Å². The van der Waals surface area contributed by atoms with E-state index >= 15 is 0 Å². The minimum atomic E-state index is -3.49. The number of nitrogen functional groups attached to an aromatic ring is 1. The Bertz CT molecular complexity index is 538. The van der Waals surface area contributed by atoms with Gasteiger partial charge in [-0.3, -0.25) is 0 Å². The van der Waals surface area contributed by atoms with E-state index in [1.54, 1.807) is 0 Å². The molecule has 1 saturated heterocycles. The predicted octanol–water partition coefficient (Wildman–Crippen LogP) is 0.377. The second kappa shape index (κ2) is 7.17. The van der Waals surface area contributed by atoms with Crippen molar-refractivity contribution in [3.63, 3.8) is 0 Å². The first kappa shape index (κ1) is 16.2. The lowest BCUT2D eigenvalue weighted by molar-refractivity contribution is 0.213. The SMILES string of the molecule is CN1CCC(CCNS(=O)(=O)c2ccc(NN)nc2)CC1. The van der Waals surface area contributed by atoms with Gasteiger partial charge in [-0.05, 0) is 57.5 Å². The first-order chi connectivity index (χ1) is 10.0. The molecule has 0 amide bonds. The van der Waals surface area contributed by atoms with Crippen molar-refractivity contribution in [3.05, 3.63) is 18.3 Å². The molecule has 0 spiro atoms. The van der Waals surface area contributed by atoms with Crippen LogP contribution in [0.25, 0.3) is 0 Å². The number of piperidine rings is 1. The number of likely N-dealkylation sites (tertiary alicyclic amines) is 1. The van der Waals surface area contributed by atoms with Crippen molar-refractivity contribution in [2.75, 3.05) is 32.1 Å². The molecule has 0 radical (unpaired) electrons. The lowest BCUT2D eigenvalue weighted by Crippen LogP contribution is -2.32. The molecular formula is C13H23N5O2S. The number of nitrogens with two attached hydrogens (primary N) is 1. The number of anilines is 1. The molecule has 0 atom stereocenters. The number of nitrogens with zero attached hydrogens (tertiary/aromatic N) is 2. The summed E-state index contributed by atoms with van der Waals surface area (Å²) in [5.41, 5.74) is 2.37. The van der Waals surface area contributed by atoms with Crippen molar-refractivity contribution in [3.8, 4) is 0 Å². The highest BCUT2D eigenvalue weighted by Crippen LogP contribution is 2.19. The van der Waals surface area contributed by atoms with Gasteiger partial charge in [-0.25, -0.2) is 24.0 Å². The molecule has 2 rings (SSSR count). The third-order valence-corrected chi connectivity index (χ3v) is 5.32. The summed E-state index contributed by atoms with van der Waals surface area (Å²) in [6.45, 7) is 2.65. The van der Waals surface area contributed by atoms with Crippen LogP contribution >= 0.6 is 0 Å². The van der Waals surface area contributed by atoms with Gasteiger partial charge in [-0.2, -0.15) is 0 Å². The molecule has 0 aliphatic carbocycles. The molecular weight excluding hydrogens is 290 g/mol. The number of hydrogen-bond donors (Lipinski definition) is 3. The van der Waals surface area contributed by atoms with Crippen LogP contribution in [0, 0.1) is 5.92 Å². The average Bonchev–Trinajstić information content (AvgIpc) is 2.49. The molecule has 1 aliphatic heterocycles. The number of hydrogen-bond acceptors (Lipinski definition) is 6. The summed E-state index contributed by atoms with van der Waals surface area (Å²) in [6, 6.07) is 3.02. The molecule has 0 saturated carbocycles. The van der Waals surface area contributed by atoms with Crippen LogP contribution in [0.5, 0.6) is 0 Å². The van der Waals surface area contributed by atoms with Gasteiger partial charge in [0.15, 0.2) is 0 Å². The number of hydrazine groups is 1. The number of pyridine rings is 1. The minimum absolute atomic E-state index is 0.157. The van der Waals surface area contributed by atoms with Crippen LogP contribution in [-0.4, -0.2) is 45.0 Å². The maximum atomic E-state index is 12.1. The predicted molar refractivity (Wildman–Crippen MR) is 82.1 cm³/mol. The Balaban J connectivity index is 1.83. The molecule has 4 N–H and O–H groups in total. The summed E-state index contributed by atoms with van der Waals surface area (Å²) in [5.74, 6) is 6.23. The highest BCUT2D eigenvalue weighted by atomic mass is 32.2. The first-order valence-electron chi connectivity index (χ1n) is 7.12.